The Morgan fingerprint density at radius 3 is 2.80 bits per heavy atom. The van der Waals surface area contributed by atoms with Crippen molar-refractivity contribution in [3.63, 3.8) is 0 Å². The normalized spacial score (nSPS) is 16.3. The van der Waals surface area contributed by atoms with E-state index in [9.17, 15) is 4.79 Å². The number of ether oxygens (including phenoxy) is 1. The molecule has 134 valence electrons. The van der Waals surface area contributed by atoms with Crippen LogP contribution in [-0.2, 0) is 11.3 Å². The van der Waals surface area contributed by atoms with E-state index >= 15 is 0 Å². The fourth-order valence-electron chi connectivity index (χ4n) is 3.26. The van der Waals surface area contributed by atoms with E-state index in [0.29, 0.717) is 6.54 Å². The summed E-state index contributed by atoms with van der Waals surface area (Å²) in [7, 11) is 1.83. The van der Waals surface area contributed by atoms with E-state index in [4.69, 9.17) is 4.74 Å². The molecule has 0 unspecified atom stereocenters. The van der Waals surface area contributed by atoms with Gasteiger partial charge >= 0.3 is 0 Å². The third-order valence-electron chi connectivity index (χ3n) is 4.60. The molecule has 0 radical (unpaired) electrons. The zero-order chi connectivity index (χ0) is 18.0. The van der Waals surface area contributed by atoms with Crippen molar-refractivity contribution < 1.29 is 9.53 Å². The third-order valence-corrected chi connectivity index (χ3v) is 4.60. The van der Waals surface area contributed by atoms with E-state index in [1.165, 1.54) is 0 Å². The molecule has 1 atom stereocenters. The maximum absolute atomic E-state index is 12.5. The standard InChI is InChI=1S/C19H26N4O2/c1-5-22-12-16(25-18-9-7-6-8-17(18)22)11-21(4)19(24)13-23-15(3)10-14(2)20-23/h6-10,16H,5,11-13H2,1-4H3/t16-/m0/s1. The Kier molecular flexibility index (Phi) is 4.97. The zero-order valence-corrected chi connectivity index (χ0v) is 15.4. The fourth-order valence-corrected chi connectivity index (χ4v) is 3.26. The highest BCUT2D eigenvalue weighted by molar-refractivity contribution is 5.75. The molecule has 0 bridgehead atoms. The highest BCUT2D eigenvalue weighted by Crippen LogP contribution is 2.32. The summed E-state index contributed by atoms with van der Waals surface area (Å²) >= 11 is 0. The quantitative estimate of drug-likeness (QED) is 0.836. The van der Waals surface area contributed by atoms with Gasteiger partial charge in [-0.15, -0.1) is 0 Å². The first-order chi connectivity index (χ1) is 12.0. The van der Waals surface area contributed by atoms with Crippen molar-refractivity contribution in [1.82, 2.24) is 14.7 Å². The molecule has 1 aromatic carbocycles. The molecule has 3 rings (SSSR count). The highest BCUT2D eigenvalue weighted by Gasteiger charge is 2.26. The molecule has 0 saturated heterocycles. The van der Waals surface area contributed by atoms with Crippen LogP contribution in [0.25, 0.3) is 0 Å². The lowest BCUT2D eigenvalue weighted by Gasteiger charge is -2.37. The van der Waals surface area contributed by atoms with Gasteiger partial charge in [-0.2, -0.15) is 5.10 Å². The average molecular weight is 342 g/mol. The number of hydrogen-bond acceptors (Lipinski definition) is 4. The summed E-state index contributed by atoms with van der Waals surface area (Å²) in [6, 6.07) is 10.0. The first-order valence-electron chi connectivity index (χ1n) is 8.73. The minimum Gasteiger partial charge on any atom is -0.485 e. The summed E-state index contributed by atoms with van der Waals surface area (Å²) in [4.78, 5) is 16.6. The predicted octanol–water partition coefficient (Wildman–Crippen LogP) is 2.25. The van der Waals surface area contributed by atoms with Crippen LogP contribution in [0.5, 0.6) is 5.75 Å². The Labute approximate surface area is 149 Å². The van der Waals surface area contributed by atoms with Crippen LogP contribution in [0.1, 0.15) is 18.3 Å². The largest absolute Gasteiger partial charge is 0.485 e. The van der Waals surface area contributed by atoms with Crippen molar-refractivity contribution in [2.75, 3.05) is 31.6 Å². The van der Waals surface area contributed by atoms with E-state index in [0.717, 1.165) is 35.9 Å². The molecule has 0 fully saturated rings. The number of amides is 1. The van der Waals surface area contributed by atoms with Crippen LogP contribution in [0, 0.1) is 13.8 Å². The molecule has 2 aromatic rings. The first-order valence-corrected chi connectivity index (χ1v) is 8.73. The lowest BCUT2D eigenvalue weighted by Crippen LogP contribution is -2.47. The van der Waals surface area contributed by atoms with E-state index in [1.54, 1.807) is 9.58 Å². The molecular weight excluding hydrogens is 316 g/mol. The molecular formula is C19H26N4O2. The smallest absolute Gasteiger partial charge is 0.244 e. The Bertz CT molecular complexity index is 756. The van der Waals surface area contributed by atoms with Crippen LogP contribution in [0.3, 0.4) is 0 Å². The molecule has 2 heterocycles. The summed E-state index contributed by atoms with van der Waals surface area (Å²) in [6.07, 6.45) is -0.0377. The maximum Gasteiger partial charge on any atom is 0.244 e. The van der Waals surface area contributed by atoms with Gasteiger partial charge < -0.3 is 14.5 Å². The van der Waals surface area contributed by atoms with E-state index in [-0.39, 0.29) is 18.6 Å². The summed E-state index contributed by atoms with van der Waals surface area (Å²) in [5.74, 6) is 0.928. The van der Waals surface area contributed by atoms with Crippen molar-refractivity contribution in [3.8, 4) is 5.75 Å². The number of carbonyl (C=O) groups is 1. The molecule has 1 amide bonds. The Morgan fingerprint density at radius 2 is 2.12 bits per heavy atom. The van der Waals surface area contributed by atoms with Crippen LogP contribution >= 0.6 is 0 Å². The number of anilines is 1. The minimum absolute atomic E-state index is 0.0377. The summed E-state index contributed by atoms with van der Waals surface area (Å²) in [5.41, 5.74) is 3.05. The topological polar surface area (TPSA) is 50.6 Å². The van der Waals surface area contributed by atoms with Crippen LogP contribution < -0.4 is 9.64 Å². The predicted molar refractivity (Wildman–Crippen MR) is 98.1 cm³/mol. The second kappa shape index (κ2) is 7.17. The third kappa shape index (κ3) is 3.78. The monoisotopic (exact) mass is 342 g/mol. The van der Waals surface area contributed by atoms with E-state index in [2.05, 4.69) is 23.0 Å². The summed E-state index contributed by atoms with van der Waals surface area (Å²) in [5, 5.41) is 4.36. The van der Waals surface area contributed by atoms with Crippen LogP contribution in [-0.4, -0.2) is 53.4 Å². The fraction of sp³-hybridized carbons (Fsp3) is 0.474. The van der Waals surface area contributed by atoms with Crippen molar-refractivity contribution in [1.29, 1.82) is 0 Å². The highest BCUT2D eigenvalue weighted by atomic mass is 16.5. The van der Waals surface area contributed by atoms with Gasteiger partial charge in [0.2, 0.25) is 5.91 Å². The first kappa shape index (κ1) is 17.3. The van der Waals surface area contributed by atoms with Gasteiger partial charge in [-0.3, -0.25) is 9.48 Å². The molecule has 6 nitrogen and oxygen atoms in total. The van der Waals surface area contributed by atoms with Crippen LogP contribution in [0.2, 0.25) is 0 Å². The number of benzene rings is 1. The van der Waals surface area contributed by atoms with Crippen molar-refractivity contribution >= 4 is 11.6 Å². The molecule has 0 aliphatic carbocycles. The number of aromatic nitrogens is 2. The molecule has 0 spiro atoms. The van der Waals surface area contributed by atoms with Crippen LogP contribution in [0.15, 0.2) is 30.3 Å². The average Bonchev–Trinajstić information content (AvgIpc) is 2.91. The SMILES string of the molecule is CCN1C[C@H](CN(C)C(=O)Cn2nc(C)cc2C)Oc2ccccc21. The molecule has 1 aromatic heterocycles. The maximum atomic E-state index is 12.5. The van der Waals surface area contributed by atoms with Gasteiger partial charge in [0.25, 0.3) is 0 Å². The number of nitrogens with zero attached hydrogens (tertiary/aromatic N) is 4. The lowest BCUT2D eigenvalue weighted by molar-refractivity contribution is -0.131. The molecule has 1 aliphatic rings. The van der Waals surface area contributed by atoms with Gasteiger partial charge in [0.05, 0.1) is 24.5 Å². The van der Waals surface area contributed by atoms with Crippen LogP contribution in [0.4, 0.5) is 5.69 Å². The molecule has 6 heteroatoms. The number of para-hydroxylation sites is 2. The molecule has 1 aliphatic heterocycles. The number of fused-ring (bicyclic) bond motifs is 1. The Hall–Kier alpha value is -2.50. The number of hydrogen-bond donors (Lipinski definition) is 0. The number of likely N-dealkylation sites (N-methyl/N-ethyl adjacent to an activating group) is 2. The zero-order valence-electron chi connectivity index (χ0n) is 15.4. The number of rotatable bonds is 5. The second-order valence-corrected chi connectivity index (χ2v) is 6.61. The number of carbonyl (C=O) groups excluding carboxylic acids is 1. The van der Waals surface area contributed by atoms with Gasteiger partial charge in [0.15, 0.2) is 0 Å². The van der Waals surface area contributed by atoms with Gasteiger partial charge in [-0.05, 0) is 39.0 Å². The number of aryl methyl sites for hydroxylation is 2. The van der Waals surface area contributed by atoms with Gasteiger partial charge in [0.1, 0.15) is 18.4 Å². The Morgan fingerprint density at radius 1 is 1.36 bits per heavy atom. The van der Waals surface area contributed by atoms with Gasteiger partial charge in [0, 0.05) is 19.3 Å². The van der Waals surface area contributed by atoms with Crippen molar-refractivity contribution in [2.45, 2.75) is 33.4 Å². The minimum atomic E-state index is -0.0377. The lowest BCUT2D eigenvalue weighted by atomic mass is 10.2. The molecule has 25 heavy (non-hydrogen) atoms. The van der Waals surface area contributed by atoms with Crippen molar-refractivity contribution in [2.24, 2.45) is 0 Å². The molecule has 0 N–H and O–H groups in total. The summed E-state index contributed by atoms with van der Waals surface area (Å²) in [6.45, 7) is 8.56. The summed E-state index contributed by atoms with van der Waals surface area (Å²) < 4.78 is 7.86. The van der Waals surface area contributed by atoms with Gasteiger partial charge in [-0.1, -0.05) is 12.1 Å². The van der Waals surface area contributed by atoms with Crippen molar-refractivity contribution in [3.05, 3.63) is 41.7 Å². The van der Waals surface area contributed by atoms with E-state index < -0.39 is 0 Å². The van der Waals surface area contributed by atoms with Gasteiger partial charge in [-0.25, -0.2) is 0 Å². The second-order valence-electron chi connectivity index (χ2n) is 6.61. The molecule has 0 saturated carbocycles. The Balaban J connectivity index is 1.64. The van der Waals surface area contributed by atoms with E-state index in [1.807, 2.05) is 45.2 Å².